The Hall–Kier alpha value is -4.69. The number of nitrogens with one attached hydrogen (secondary N) is 1. The van der Waals surface area contributed by atoms with E-state index in [4.69, 9.17) is 5.73 Å². The van der Waals surface area contributed by atoms with E-state index in [1.807, 2.05) is 66.7 Å². The number of aliphatic carboxylic acids is 1. The van der Waals surface area contributed by atoms with Crippen molar-refractivity contribution in [1.82, 2.24) is 9.88 Å². The SMILES string of the molecule is NC(=O)c1ccc(-c2ccc(-c3ccn(C(CC(=O)NC(CO)Cc4ccccc4)C(=O)O)c3)cc2)cc1. The number of hydrogen-bond donors (Lipinski definition) is 4. The van der Waals surface area contributed by atoms with Gasteiger partial charge in [-0.2, -0.15) is 0 Å². The average molecular weight is 512 g/mol. The van der Waals surface area contributed by atoms with Crippen LogP contribution in [-0.2, 0) is 16.0 Å². The number of carbonyl (C=O) groups excluding carboxylic acids is 2. The molecule has 0 bridgehead atoms. The number of carbonyl (C=O) groups is 3. The molecule has 0 fully saturated rings. The van der Waals surface area contributed by atoms with Crippen LogP contribution in [0.2, 0.25) is 0 Å². The molecule has 0 aliphatic carbocycles. The molecule has 194 valence electrons. The lowest BCUT2D eigenvalue weighted by molar-refractivity contribution is -0.143. The van der Waals surface area contributed by atoms with Gasteiger partial charge in [0.1, 0.15) is 6.04 Å². The lowest BCUT2D eigenvalue weighted by atomic mass is 10.0. The molecule has 2 unspecified atom stereocenters. The zero-order chi connectivity index (χ0) is 27.1. The number of rotatable bonds is 11. The molecule has 5 N–H and O–H groups in total. The van der Waals surface area contributed by atoms with Gasteiger partial charge in [0.2, 0.25) is 11.8 Å². The first-order valence-electron chi connectivity index (χ1n) is 12.2. The molecule has 4 aromatic rings. The lowest BCUT2D eigenvalue weighted by Gasteiger charge is -2.19. The number of aliphatic hydroxyl groups excluding tert-OH is 1. The van der Waals surface area contributed by atoms with Gasteiger partial charge in [-0.3, -0.25) is 9.59 Å². The molecule has 0 aliphatic heterocycles. The molecule has 8 nitrogen and oxygen atoms in total. The maximum atomic E-state index is 12.7. The lowest BCUT2D eigenvalue weighted by Crippen LogP contribution is -2.40. The molecule has 0 saturated carbocycles. The van der Waals surface area contributed by atoms with Crippen LogP contribution >= 0.6 is 0 Å². The fourth-order valence-electron chi connectivity index (χ4n) is 4.30. The zero-order valence-corrected chi connectivity index (χ0v) is 20.7. The number of primary amides is 1. The van der Waals surface area contributed by atoms with Crippen molar-refractivity contribution in [3.8, 4) is 22.3 Å². The van der Waals surface area contributed by atoms with Gasteiger partial charge in [-0.1, -0.05) is 66.7 Å². The second kappa shape index (κ2) is 12.0. The van der Waals surface area contributed by atoms with Crippen LogP contribution in [0.15, 0.2) is 97.3 Å². The van der Waals surface area contributed by atoms with E-state index in [0.29, 0.717) is 12.0 Å². The third-order valence-corrected chi connectivity index (χ3v) is 6.37. The Balaban J connectivity index is 1.43. The highest BCUT2D eigenvalue weighted by Gasteiger charge is 2.24. The van der Waals surface area contributed by atoms with Crippen molar-refractivity contribution in [3.63, 3.8) is 0 Å². The number of nitrogens with zero attached hydrogens (tertiary/aromatic N) is 1. The van der Waals surface area contributed by atoms with Crippen LogP contribution in [-0.4, -0.2) is 45.2 Å². The topological polar surface area (TPSA) is 135 Å². The summed E-state index contributed by atoms with van der Waals surface area (Å²) in [7, 11) is 0. The Morgan fingerprint density at radius 3 is 1.95 bits per heavy atom. The van der Waals surface area contributed by atoms with Gasteiger partial charge in [-0.05, 0) is 52.4 Å². The van der Waals surface area contributed by atoms with E-state index < -0.39 is 29.9 Å². The van der Waals surface area contributed by atoms with Crippen LogP contribution in [0.3, 0.4) is 0 Å². The maximum Gasteiger partial charge on any atom is 0.327 e. The van der Waals surface area contributed by atoms with Crippen LogP contribution in [0.5, 0.6) is 0 Å². The fraction of sp³-hybridized carbons (Fsp3) is 0.167. The van der Waals surface area contributed by atoms with E-state index >= 15 is 0 Å². The van der Waals surface area contributed by atoms with Crippen LogP contribution in [0.25, 0.3) is 22.3 Å². The van der Waals surface area contributed by atoms with Crippen LogP contribution in [0.1, 0.15) is 28.4 Å². The minimum absolute atomic E-state index is 0.253. The molecular weight excluding hydrogens is 482 g/mol. The molecule has 0 spiro atoms. The molecule has 4 rings (SSSR count). The van der Waals surface area contributed by atoms with Crippen molar-refractivity contribution in [2.24, 2.45) is 5.73 Å². The van der Waals surface area contributed by atoms with Gasteiger partial charge < -0.3 is 25.8 Å². The van der Waals surface area contributed by atoms with Crippen LogP contribution in [0.4, 0.5) is 0 Å². The summed E-state index contributed by atoms with van der Waals surface area (Å²) in [4.78, 5) is 36.0. The monoisotopic (exact) mass is 511 g/mol. The highest BCUT2D eigenvalue weighted by molar-refractivity contribution is 5.93. The van der Waals surface area contributed by atoms with Crippen molar-refractivity contribution in [2.75, 3.05) is 6.61 Å². The molecular formula is C30H29N3O5. The smallest absolute Gasteiger partial charge is 0.327 e. The van der Waals surface area contributed by atoms with Crippen LogP contribution < -0.4 is 11.1 Å². The number of carboxylic acid groups (broad SMARTS) is 1. The van der Waals surface area contributed by atoms with E-state index in [0.717, 1.165) is 27.8 Å². The average Bonchev–Trinajstić information content (AvgIpc) is 3.42. The number of carboxylic acids is 1. The molecule has 8 heteroatoms. The van der Waals surface area contributed by atoms with E-state index in [9.17, 15) is 24.6 Å². The van der Waals surface area contributed by atoms with E-state index in [-0.39, 0.29) is 13.0 Å². The summed E-state index contributed by atoms with van der Waals surface area (Å²) >= 11 is 0. The number of aromatic nitrogens is 1. The molecule has 3 aromatic carbocycles. The Morgan fingerprint density at radius 2 is 1.39 bits per heavy atom. The molecule has 0 radical (unpaired) electrons. The van der Waals surface area contributed by atoms with Gasteiger partial charge in [-0.15, -0.1) is 0 Å². The minimum Gasteiger partial charge on any atom is -0.480 e. The quantitative estimate of drug-likeness (QED) is 0.244. The second-order valence-corrected chi connectivity index (χ2v) is 9.06. The third kappa shape index (κ3) is 6.54. The second-order valence-electron chi connectivity index (χ2n) is 9.06. The fourth-order valence-corrected chi connectivity index (χ4v) is 4.30. The molecule has 0 saturated heterocycles. The summed E-state index contributed by atoms with van der Waals surface area (Å²) < 4.78 is 1.51. The maximum absolute atomic E-state index is 12.7. The van der Waals surface area contributed by atoms with Gasteiger partial charge >= 0.3 is 5.97 Å². The number of hydrogen-bond acceptors (Lipinski definition) is 4. The van der Waals surface area contributed by atoms with Crippen molar-refractivity contribution in [2.45, 2.75) is 24.9 Å². The van der Waals surface area contributed by atoms with Crippen molar-refractivity contribution >= 4 is 17.8 Å². The predicted octanol–water partition coefficient (Wildman–Crippen LogP) is 3.66. The number of aliphatic hydroxyl groups is 1. The first-order valence-corrected chi connectivity index (χ1v) is 12.2. The molecule has 2 atom stereocenters. The van der Waals surface area contributed by atoms with Gasteiger partial charge in [0.05, 0.1) is 19.1 Å². The summed E-state index contributed by atoms with van der Waals surface area (Å²) in [6, 6.07) is 24.4. The zero-order valence-electron chi connectivity index (χ0n) is 20.7. The van der Waals surface area contributed by atoms with E-state index in [1.54, 1.807) is 30.6 Å². The predicted molar refractivity (Wildman–Crippen MR) is 144 cm³/mol. The van der Waals surface area contributed by atoms with Crippen molar-refractivity contribution in [3.05, 3.63) is 108 Å². The van der Waals surface area contributed by atoms with Crippen LogP contribution in [0, 0.1) is 0 Å². The van der Waals surface area contributed by atoms with Crippen molar-refractivity contribution in [1.29, 1.82) is 0 Å². The van der Waals surface area contributed by atoms with Gasteiger partial charge in [0.15, 0.2) is 0 Å². The van der Waals surface area contributed by atoms with Gasteiger partial charge in [0, 0.05) is 18.0 Å². The Kier molecular flexibility index (Phi) is 8.35. The normalized spacial score (nSPS) is 12.4. The summed E-state index contributed by atoms with van der Waals surface area (Å²) in [6.45, 7) is -0.253. The number of nitrogens with two attached hydrogens (primary N) is 1. The highest BCUT2D eigenvalue weighted by atomic mass is 16.4. The molecule has 1 aromatic heterocycles. The summed E-state index contributed by atoms with van der Waals surface area (Å²) in [5, 5.41) is 22.3. The number of amides is 2. The molecule has 38 heavy (non-hydrogen) atoms. The summed E-state index contributed by atoms with van der Waals surface area (Å²) in [5.41, 5.74) is 10.3. The Morgan fingerprint density at radius 1 is 0.816 bits per heavy atom. The molecule has 0 aliphatic rings. The first kappa shape index (κ1) is 26.4. The summed E-state index contributed by atoms with van der Waals surface area (Å²) in [5.74, 6) is -2.05. The van der Waals surface area contributed by atoms with E-state index in [2.05, 4.69) is 5.32 Å². The summed E-state index contributed by atoms with van der Waals surface area (Å²) in [6.07, 6.45) is 3.52. The van der Waals surface area contributed by atoms with Crippen molar-refractivity contribution < 1.29 is 24.6 Å². The standard InChI is InChI=1S/C30H29N3O5/c31-29(36)24-12-10-22(11-13-24)21-6-8-23(9-7-21)25-14-15-33(18-25)27(30(37)38)17-28(35)32-26(19-34)16-20-4-2-1-3-5-20/h1-15,18,26-27,34H,16-17,19H2,(H2,31,36)(H,32,35)(H,37,38). The largest absolute Gasteiger partial charge is 0.480 e. The molecule has 1 heterocycles. The molecule has 2 amide bonds. The van der Waals surface area contributed by atoms with E-state index in [1.165, 1.54) is 4.57 Å². The van der Waals surface area contributed by atoms with Gasteiger partial charge in [-0.25, -0.2) is 4.79 Å². The highest BCUT2D eigenvalue weighted by Crippen LogP contribution is 2.27. The first-order chi connectivity index (χ1) is 18.3. The third-order valence-electron chi connectivity index (χ3n) is 6.37. The van der Waals surface area contributed by atoms with Gasteiger partial charge in [0.25, 0.3) is 0 Å². The Labute approximate surface area is 220 Å². The Bertz CT molecular complexity index is 1400. The minimum atomic E-state index is -1.12. The number of benzene rings is 3.